The zero-order valence-corrected chi connectivity index (χ0v) is 19.3. The van der Waals surface area contributed by atoms with Gasteiger partial charge in [-0.2, -0.15) is 5.10 Å². The van der Waals surface area contributed by atoms with Gasteiger partial charge in [0.2, 0.25) is 0 Å². The SMILES string of the molecule is O=C(c1ccc(/C=C/c2n[nH]c3ccccc23)c(N2C(=O)c3ccccc3C2=O)c1)N1CCOCC1. The van der Waals surface area contributed by atoms with Gasteiger partial charge in [-0.3, -0.25) is 19.5 Å². The molecular formula is C28H22N4O4. The number of imide groups is 1. The molecule has 0 aliphatic carbocycles. The highest BCUT2D eigenvalue weighted by atomic mass is 16.5. The van der Waals surface area contributed by atoms with Crippen molar-refractivity contribution in [3.05, 3.63) is 94.7 Å². The van der Waals surface area contributed by atoms with Crippen LogP contribution in [0.4, 0.5) is 5.69 Å². The van der Waals surface area contributed by atoms with Gasteiger partial charge in [0.25, 0.3) is 17.7 Å². The minimum Gasteiger partial charge on any atom is -0.378 e. The summed E-state index contributed by atoms with van der Waals surface area (Å²) in [6, 6.07) is 19.6. The molecule has 1 fully saturated rings. The molecule has 1 aromatic heterocycles. The van der Waals surface area contributed by atoms with Crippen molar-refractivity contribution in [2.24, 2.45) is 0 Å². The van der Waals surface area contributed by atoms with Crippen LogP contribution in [-0.2, 0) is 4.74 Å². The number of H-pyrrole nitrogens is 1. The molecule has 4 aromatic rings. The molecule has 3 aromatic carbocycles. The van der Waals surface area contributed by atoms with Gasteiger partial charge in [0.05, 0.1) is 41.2 Å². The number of hydrogen-bond acceptors (Lipinski definition) is 5. The lowest BCUT2D eigenvalue weighted by molar-refractivity contribution is 0.0303. The lowest BCUT2D eigenvalue weighted by Crippen LogP contribution is -2.40. The summed E-state index contributed by atoms with van der Waals surface area (Å²) in [5.74, 6) is -0.983. The van der Waals surface area contributed by atoms with Gasteiger partial charge in [0.15, 0.2) is 0 Å². The van der Waals surface area contributed by atoms with E-state index in [1.807, 2.05) is 36.4 Å². The summed E-state index contributed by atoms with van der Waals surface area (Å²) in [5, 5.41) is 8.33. The molecule has 0 spiro atoms. The quantitative estimate of drug-likeness (QED) is 0.447. The molecule has 8 heteroatoms. The second kappa shape index (κ2) is 8.90. The summed E-state index contributed by atoms with van der Waals surface area (Å²) in [4.78, 5) is 42.7. The molecule has 8 nitrogen and oxygen atoms in total. The summed E-state index contributed by atoms with van der Waals surface area (Å²) in [6.45, 7) is 1.95. The fourth-order valence-electron chi connectivity index (χ4n) is 4.65. The Kier molecular flexibility index (Phi) is 5.42. The number of morpholine rings is 1. The van der Waals surface area contributed by atoms with Gasteiger partial charge in [-0.05, 0) is 42.0 Å². The van der Waals surface area contributed by atoms with Crippen LogP contribution in [0.15, 0.2) is 66.7 Å². The third kappa shape index (κ3) is 3.68. The highest BCUT2D eigenvalue weighted by Gasteiger charge is 2.37. The Hall–Kier alpha value is -4.56. The van der Waals surface area contributed by atoms with Crippen LogP contribution in [0.2, 0.25) is 0 Å². The predicted molar refractivity (Wildman–Crippen MR) is 136 cm³/mol. The lowest BCUT2D eigenvalue weighted by atomic mass is 10.0. The number of aromatic amines is 1. The minimum absolute atomic E-state index is 0.162. The Labute approximate surface area is 206 Å². The number of aromatic nitrogens is 2. The summed E-state index contributed by atoms with van der Waals surface area (Å²) >= 11 is 0. The van der Waals surface area contributed by atoms with Crippen LogP contribution in [0.1, 0.15) is 42.3 Å². The van der Waals surface area contributed by atoms with E-state index in [-0.39, 0.29) is 5.91 Å². The van der Waals surface area contributed by atoms with Crippen LogP contribution in [-0.4, -0.2) is 59.1 Å². The van der Waals surface area contributed by atoms with Crippen molar-refractivity contribution in [3.63, 3.8) is 0 Å². The van der Waals surface area contributed by atoms with Crippen LogP contribution in [0, 0.1) is 0 Å². The van der Waals surface area contributed by atoms with E-state index in [1.54, 1.807) is 47.4 Å². The van der Waals surface area contributed by atoms with Crippen LogP contribution in [0.5, 0.6) is 0 Å². The van der Waals surface area contributed by atoms with E-state index in [9.17, 15) is 14.4 Å². The van der Waals surface area contributed by atoms with Crippen molar-refractivity contribution in [2.45, 2.75) is 0 Å². The molecule has 3 heterocycles. The zero-order valence-electron chi connectivity index (χ0n) is 19.3. The number of amides is 3. The third-order valence-corrected chi connectivity index (χ3v) is 6.53. The van der Waals surface area contributed by atoms with E-state index in [0.717, 1.165) is 21.5 Å². The summed E-state index contributed by atoms with van der Waals surface area (Å²) in [5.41, 5.74) is 3.72. The van der Waals surface area contributed by atoms with Gasteiger partial charge in [0.1, 0.15) is 0 Å². The number of benzene rings is 3. The van der Waals surface area contributed by atoms with Crippen molar-refractivity contribution in [2.75, 3.05) is 31.2 Å². The Balaban J connectivity index is 1.43. The fraction of sp³-hybridized carbons (Fsp3) is 0.143. The van der Waals surface area contributed by atoms with Crippen molar-refractivity contribution in [1.82, 2.24) is 15.1 Å². The molecule has 0 atom stereocenters. The van der Waals surface area contributed by atoms with Gasteiger partial charge in [0, 0.05) is 24.0 Å². The number of nitrogens with one attached hydrogen (secondary N) is 1. The molecule has 178 valence electrons. The maximum Gasteiger partial charge on any atom is 0.266 e. The molecule has 0 saturated carbocycles. The maximum atomic E-state index is 13.3. The van der Waals surface area contributed by atoms with E-state index in [2.05, 4.69) is 10.2 Å². The molecule has 36 heavy (non-hydrogen) atoms. The Bertz CT molecular complexity index is 1510. The molecule has 3 amide bonds. The fourth-order valence-corrected chi connectivity index (χ4v) is 4.65. The first-order chi connectivity index (χ1) is 17.6. The molecule has 0 radical (unpaired) electrons. The van der Waals surface area contributed by atoms with E-state index in [1.165, 1.54) is 0 Å². The highest BCUT2D eigenvalue weighted by Crippen LogP contribution is 2.33. The number of rotatable bonds is 4. The third-order valence-electron chi connectivity index (χ3n) is 6.53. The van der Waals surface area contributed by atoms with Gasteiger partial charge < -0.3 is 9.64 Å². The second-order valence-corrected chi connectivity index (χ2v) is 8.66. The summed E-state index contributed by atoms with van der Waals surface area (Å²) in [6.07, 6.45) is 3.64. The normalized spacial score (nSPS) is 15.8. The van der Waals surface area contributed by atoms with Crippen molar-refractivity contribution >= 4 is 46.5 Å². The number of ether oxygens (including phenoxy) is 1. The first-order valence-corrected chi connectivity index (χ1v) is 11.7. The number of carbonyl (C=O) groups excluding carboxylic acids is 3. The maximum absolute atomic E-state index is 13.3. The van der Waals surface area contributed by atoms with Crippen molar-refractivity contribution in [1.29, 1.82) is 0 Å². The number of hydrogen-bond donors (Lipinski definition) is 1. The highest BCUT2D eigenvalue weighted by molar-refractivity contribution is 6.35. The summed E-state index contributed by atoms with van der Waals surface area (Å²) in [7, 11) is 0. The molecule has 2 aliphatic heterocycles. The Morgan fingerprint density at radius 3 is 2.33 bits per heavy atom. The molecule has 2 aliphatic rings. The first-order valence-electron chi connectivity index (χ1n) is 11.7. The topological polar surface area (TPSA) is 95.6 Å². The van der Waals surface area contributed by atoms with Gasteiger partial charge in [-0.1, -0.05) is 42.5 Å². The smallest absolute Gasteiger partial charge is 0.266 e. The van der Waals surface area contributed by atoms with Crippen LogP contribution in [0.3, 0.4) is 0 Å². The van der Waals surface area contributed by atoms with Crippen LogP contribution in [0.25, 0.3) is 23.1 Å². The first kappa shape index (κ1) is 21.9. The summed E-state index contributed by atoms with van der Waals surface area (Å²) < 4.78 is 5.36. The zero-order chi connectivity index (χ0) is 24.6. The Morgan fingerprint density at radius 2 is 1.58 bits per heavy atom. The lowest BCUT2D eigenvalue weighted by Gasteiger charge is -2.27. The molecule has 6 rings (SSSR count). The molecule has 1 N–H and O–H groups in total. The number of nitrogens with zero attached hydrogens (tertiary/aromatic N) is 3. The average molecular weight is 479 g/mol. The van der Waals surface area contributed by atoms with Gasteiger partial charge >= 0.3 is 0 Å². The van der Waals surface area contributed by atoms with Gasteiger partial charge in [-0.15, -0.1) is 0 Å². The monoisotopic (exact) mass is 478 g/mol. The number of anilines is 1. The van der Waals surface area contributed by atoms with Crippen LogP contribution < -0.4 is 4.90 Å². The van der Waals surface area contributed by atoms with Crippen molar-refractivity contribution in [3.8, 4) is 0 Å². The molecular weight excluding hydrogens is 456 g/mol. The second-order valence-electron chi connectivity index (χ2n) is 8.66. The molecule has 0 unspecified atom stereocenters. The predicted octanol–water partition coefficient (Wildman–Crippen LogP) is 4.01. The minimum atomic E-state index is -0.411. The largest absolute Gasteiger partial charge is 0.378 e. The van der Waals surface area contributed by atoms with Gasteiger partial charge in [-0.25, -0.2) is 4.90 Å². The number of fused-ring (bicyclic) bond motifs is 2. The van der Waals surface area contributed by atoms with Crippen molar-refractivity contribution < 1.29 is 19.1 Å². The number of carbonyl (C=O) groups is 3. The molecule has 1 saturated heterocycles. The number of para-hydroxylation sites is 1. The van der Waals surface area contributed by atoms with E-state index in [4.69, 9.17) is 4.74 Å². The van der Waals surface area contributed by atoms with E-state index >= 15 is 0 Å². The molecule has 0 bridgehead atoms. The standard InChI is InChI=1S/C28H22N4O4/c33-26(31-13-15-36-16-14-31)19-10-9-18(11-12-24-22-7-3-4-8-23(22)29-30-24)25(17-19)32-27(34)20-5-1-2-6-21(20)28(32)35/h1-12,17H,13-16H2,(H,29,30)/b12-11+. The average Bonchev–Trinajstić information content (AvgIpc) is 3.46. The van der Waals surface area contributed by atoms with Crippen LogP contribution >= 0.6 is 0 Å². The van der Waals surface area contributed by atoms with E-state index < -0.39 is 11.8 Å². The van der Waals surface area contributed by atoms with E-state index in [0.29, 0.717) is 54.2 Å². The Morgan fingerprint density at radius 1 is 0.889 bits per heavy atom.